The van der Waals surface area contributed by atoms with Crippen molar-refractivity contribution >= 4 is 11.8 Å². The van der Waals surface area contributed by atoms with Crippen molar-refractivity contribution in [2.75, 3.05) is 13.1 Å². The van der Waals surface area contributed by atoms with Crippen molar-refractivity contribution in [3.05, 3.63) is 35.9 Å². The molecule has 0 saturated carbocycles. The Hall–Kier alpha value is -1.84. The van der Waals surface area contributed by atoms with E-state index in [1.807, 2.05) is 32.0 Å². The molecule has 0 bridgehead atoms. The molecule has 0 aromatic heterocycles. The van der Waals surface area contributed by atoms with Gasteiger partial charge in [0.1, 0.15) is 6.04 Å². The molecule has 0 spiro atoms. The predicted molar refractivity (Wildman–Crippen MR) is 94.1 cm³/mol. The molecule has 0 radical (unpaired) electrons. The van der Waals surface area contributed by atoms with Gasteiger partial charge < -0.3 is 10.2 Å². The fourth-order valence-corrected chi connectivity index (χ4v) is 2.46. The van der Waals surface area contributed by atoms with Crippen LogP contribution in [0.1, 0.15) is 52.0 Å². The van der Waals surface area contributed by atoms with E-state index in [0.717, 1.165) is 25.7 Å². The number of hydrogen-bond acceptors (Lipinski definition) is 2. The molecule has 0 aliphatic rings. The van der Waals surface area contributed by atoms with Gasteiger partial charge in [-0.2, -0.15) is 0 Å². The summed E-state index contributed by atoms with van der Waals surface area (Å²) in [5.41, 5.74) is 1.18. The molecule has 0 fully saturated rings. The number of carbonyl (C=O) groups excluding carboxylic acids is 2. The molecule has 1 atom stereocenters. The Bertz CT molecular complexity index is 474. The van der Waals surface area contributed by atoms with Crippen molar-refractivity contribution in [3.8, 4) is 0 Å². The summed E-state index contributed by atoms with van der Waals surface area (Å²) in [5.74, 6) is -0.00228. The molecule has 1 aromatic rings. The average molecular weight is 318 g/mol. The van der Waals surface area contributed by atoms with Crippen LogP contribution in [0.2, 0.25) is 0 Å². The van der Waals surface area contributed by atoms with Gasteiger partial charge in [0.05, 0.1) is 0 Å². The fourth-order valence-electron chi connectivity index (χ4n) is 2.46. The van der Waals surface area contributed by atoms with Gasteiger partial charge in [-0.3, -0.25) is 9.59 Å². The van der Waals surface area contributed by atoms with E-state index in [-0.39, 0.29) is 11.8 Å². The molecule has 1 aromatic carbocycles. The minimum atomic E-state index is -0.422. The van der Waals surface area contributed by atoms with Crippen LogP contribution in [-0.2, 0) is 16.0 Å². The smallest absolute Gasteiger partial charge is 0.242 e. The topological polar surface area (TPSA) is 49.4 Å². The zero-order chi connectivity index (χ0) is 17.1. The van der Waals surface area contributed by atoms with Gasteiger partial charge in [0, 0.05) is 19.5 Å². The average Bonchev–Trinajstić information content (AvgIpc) is 2.56. The summed E-state index contributed by atoms with van der Waals surface area (Å²) in [6.45, 7) is 7.14. The van der Waals surface area contributed by atoms with Crippen molar-refractivity contribution in [1.82, 2.24) is 10.2 Å². The van der Waals surface area contributed by atoms with Gasteiger partial charge in [0.25, 0.3) is 0 Å². The van der Waals surface area contributed by atoms with E-state index in [0.29, 0.717) is 19.5 Å². The van der Waals surface area contributed by atoms with E-state index < -0.39 is 6.04 Å². The Balaban J connectivity index is 2.67. The van der Waals surface area contributed by atoms with E-state index in [9.17, 15) is 9.59 Å². The SMILES string of the molecule is CCCCNC(=O)[C@@H](C)N(CCc1ccccc1)C(=O)CCC. The summed E-state index contributed by atoms with van der Waals surface area (Å²) in [5, 5.41) is 2.93. The molecular weight excluding hydrogens is 288 g/mol. The lowest BCUT2D eigenvalue weighted by Crippen LogP contribution is -2.48. The fraction of sp³-hybridized carbons (Fsp3) is 0.579. The van der Waals surface area contributed by atoms with Gasteiger partial charge in [-0.05, 0) is 31.7 Å². The van der Waals surface area contributed by atoms with Gasteiger partial charge in [-0.1, -0.05) is 50.6 Å². The van der Waals surface area contributed by atoms with Crippen molar-refractivity contribution in [2.45, 2.75) is 58.9 Å². The third kappa shape index (κ3) is 6.85. The van der Waals surface area contributed by atoms with Crippen LogP contribution in [0, 0.1) is 0 Å². The number of hydrogen-bond donors (Lipinski definition) is 1. The largest absolute Gasteiger partial charge is 0.354 e. The predicted octanol–water partition coefficient (Wildman–Crippen LogP) is 3.16. The number of amides is 2. The molecule has 4 heteroatoms. The van der Waals surface area contributed by atoms with Crippen LogP contribution in [0.3, 0.4) is 0 Å². The standard InChI is InChI=1S/C19H30N2O2/c1-4-6-14-20-19(23)16(3)21(18(22)10-5-2)15-13-17-11-8-7-9-12-17/h7-9,11-12,16H,4-6,10,13-15H2,1-3H3,(H,20,23)/t16-/m1/s1. The lowest BCUT2D eigenvalue weighted by Gasteiger charge is -2.28. The van der Waals surface area contributed by atoms with Crippen molar-refractivity contribution in [2.24, 2.45) is 0 Å². The van der Waals surface area contributed by atoms with Crippen molar-refractivity contribution in [3.63, 3.8) is 0 Å². The van der Waals surface area contributed by atoms with Gasteiger partial charge >= 0.3 is 0 Å². The van der Waals surface area contributed by atoms with Gasteiger partial charge in [0.2, 0.25) is 11.8 Å². The number of carbonyl (C=O) groups is 2. The molecular formula is C19H30N2O2. The first-order valence-electron chi connectivity index (χ1n) is 8.71. The molecule has 1 N–H and O–H groups in total. The first-order valence-corrected chi connectivity index (χ1v) is 8.71. The Morgan fingerprint density at radius 3 is 2.43 bits per heavy atom. The van der Waals surface area contributed by atoms with Gasteiger partial charge in [-0.15, -0.1) is 0 Å². The Kier molecular flexibility index (Phi) is 9.03. The summed E-state index contributed by atoms with van der Waals surface area (Å²) in [6.07, 6.45) is 4.06. The quantitative estimate of drug-likeness (QED) is 0.674. The lowest BCUT2D eigenvalue weighted by atomic mass is 10.1. The van der Waals surface area contributed by atoms with E-state index in [2.05, 4.69) is 24.4 Å². The number of rotatable bonds is 10. The second kappa shape index (κ2) is 10.8. The van der Waals surface area contributed by atoms with E-state index in [4.69, 9.17) is 0 Å². The normalized spacial score (nSPS) is 11.8. The van der Waals surface area contributed by atoms with Crippen molar-refractivity contribution in [1.29, 1.82) is 0 Å². The van der Waals surface area contributed by atoms with Crippen molar-refractivity contribution < 1.29 is 9.59 Å². The van der Waals surface area contributed by atoms with E-state index in [1.165, 1.54) is 5.56 Å². The highest BCUT2D eigenvalue weighted by Crippen LogP contribution is 2.08. The lowest BCUT2D eigenvalue weighted by molar-refractivity contribution is -0.139. The molecule has 4 nitrogen and oxygen atoms in total. The molecule has 0 aliphatic heterocycles. The maximum atomic E-state index is 12.4. The summed E-state index contributed by atoms with van der Waals surface area (Å²) >= 11 is 0. The van der Waals surface area contributed by atoms with Crippen LogP contribution in [-0.4, -0.2) is 35.8 Å². The third-order valence-corrected chi connectivity index (χ3v) is 3.94. The third-order valence-electron chi connectivity index (χ3n) is 3.94. The minimum Gasteiger partial charge on any atom is -0.354 e. The molecule has 1 rings (SSSR count). The number of nitrogens with zero attached hydrogens (tertiary/aromatic N) is 1. The molecule has 128 valence electrons. The Morgan fingerprint density at radius 1 is 1.13 bits per heavy atom. The first kappa shape index (κ1) is 19.2. The second-order valence-electron chi connectivity index (χ2n) is 5.89. The first-order chi connectivity index (χ1) is 11.1. The van der Waals surface area contributed by atoms with Gasteiger partial charge in [-0.25, -0.2) is 0 Å². The summed E-state index contributed by atoms with van der Waals surface area (Å²) < 4.78 is 0. The highest BCUT2D eigenvalue weighted by atomic mass is 16.2. The zero-order valence-corrected chi connectivity index (χ0v) is 14.7. The van der Waals surface area contributed by atoms with Gasteiger partial charge in [0.15, 0.2) is 0 Å². The molecule has 0 heterocycles. The minimum absolute atomic E-state index is 0.0570. The summed E-state index contributed by atoms with van der Waals surface area (Å²) in [6, 6.07) is 9.65. The summed E-state index contributed by atoms with van der Waals surface area (Å²) in [4.78, 5) is 26.4. The Labute approximate surface area is 140 Å². The van der Waals surface area contributed by atoms with Crippen LogP contribution in [0.4, 0.5) is 0 Å². The Morgan fingerprint density at radius 2 is 1.83 bits per heavy atom. The molecule has 0 aliphatic carbocycles. The number of unbranched alkanes of at least 4 members (excludes halogenated alkanes) is 1. The second-order valence-corrected chi connectivity index (χ2v) is 5.89. The highest BCUT2D eigenvalue weighted by molar-refractivity contribution is 5.87. The highest BCUT2D eigenvalue weighted by Gasteiger charge is 2.24. The summed E-state index contributed by atoms with van der Waals surface area (Å²) in [7, 11) is 0. The molecule has 2 amide bonds. The van der Waals surface area contributed by atoms with E-state index >= 15 is 0 Å². The molecule has 23 heavy (non-hydrogen) atoms. The van der Waals surface area contributed by atoms with Crippen LogP contribution < -0.4 is 5.32 Å². The monoisotopic (exact) mass is 318 g/mol. The zero-order valence-electron chi connectivity index (χ0n) is 14.7. The van der Waals surface area contributed by atoms with E-state index in [1.54, 1.807) is 4.90 Å². The van der Waals surface area contributed by atoms with Crippen LogP contribution in [0.5, 0.6) is 0 Å². The van der Waals surface area contributed by atoms with Crippen LogP contribution >= 0.6 is 0 Å². The number of benzene rings is 1. The molecule has 0 unspecified atom stereocenters. The van der Waals surface area contributed by atoms with Crippen LogP contribution in [0.25, 0.3) is 0 Å². The maximum absolute atomic E-state index is 12.4. The molecule has 0 saturated heterocycles. The number of nitrogens with one attached hydrogen (secondary N) is 1. The maximum Gasteiger partial charge on any atom is 0.242 e. The van der Waals surface area contributed by atoms with Crippen LogP contribution in [0.15, 0.2) is 30.3 Å².